The molecule has 0 aromatic carbocycles. The van der Waals surface area contributed by atoms with Crippen LogP contribution in [0.25, 0.3) is 0 Å². The van der Waals surface area contributed by atoms with Crippen LogP contribution in [0.5, 0.6) is 0 Å². The molecule has 0 aromatic rings. The molecule has 2 atom stereocenters. The summed E-state index contributed by atoms with van der Waals surface area (Å²) in [4.78, 5) is 20.6. The van der Waals surface area contributed by atoms with Crippen LogP contribution in [0.1, 0.15) is 13.8 Å². The van der Waals surface area contributed by atoms with Crippen LogP contribution >= 0.6 is 0 Å². The predicted octanol–water partition coefficient (Wildman–Crippen LogP) is -1.47. The molecule has 0 saturated heterocycles. The van der Waals surface area contributed by atoms with Gasteiger partial charge in [-0.25, -0.2) is 0 Å². The molecule has 21 heavy (non-hydrogen) atoms. The molecular weight excluding hydrogens is 304 g/mol. The van der Waals surface area contributed by atoms with Crippen molar-refractivity contribution in [3.63, 3.8) is 0 Å². The predicted molar refractivity (Wildman–Crippen MR) is 78.2 cm³/mol. The Kier molecular flexibility index (Phi) is 15.2. The van der Waals surface area contributed by atoms with Gasteiger partial charge in [-0.2, -0.15) is 8.42 Å². The summed E-state index contributed by atoms with van der Waals surface area (Å²) in [5.74, 6) is -0.472. The molecule has 0 heterocycles. The second-order valence-corrected chi connectivity index (χ2v) is 4.35. The van der Waals surface area contributed by atoms with E-state index >= 15 is 0 Å². The zero-order chi connectivity index (χ0) is 17.6. The summed E-state index contributed by atoms with van der Waals surface area (Å²) in [6.45, 7) is 9.86. The number of amides is 2. The van der Waals surface area contributed by atoms with Gasteiger partial charge in [0, 0.05) is 0 Å². The van der Waals surface area contributed by atoms with Gasteiger partial charge in [0.1, 0.15) is 0 Å². The van der Waals surface area contributed by atoms with Gasteiger partial charge in [0.05, 0.1) is 12.3 Å². The van der Waals surface area contributed by atoms with E-state index in [4.69, 9.17) is 29.0 Å². The van der Waals surface area contributed by atoms with Crippen molar-refractivity contribution < 1.29 is 27.1 Å². The van der Waals surface area contributed by atoms with Gasteiger partial charge in [-0.3, -0.25) is 18.7 Å². The van der Waals surface area contributed by atoms with Crippen LogP contribution < -0.4 is 22.1 Å². The number of nitrogens with two attached hydrogens (primary N) is 2. The molecule has 2 amide bonds. The fraction of sp³-hybridized carbons (Fsp3) is 0.400. The first-order valence-electron chi connectivity index (χ1n) is 5.40. The largest absolute Gasteiger partial charge is 0.394 e. The van der Waals surface area contributed by atoms with Crippen molar-refractivity contribution in [1.82, 2.24) is 10.6 Å². The average Bonchev–Trinajstić information content (AvgIpc) is 2.25. The average molecular weight is 326 g/mol. The van der Waals surface area contributed by atoms with E-state index in [2.05, 4.69) is 23.8 Å². The van der Waals surface area contributed by atoms with E-state index in [1.807, 2.05) is 0 Å². The van der Waals surface area contributed by atoms with E-state index < -0.39 is 10.4 Å². The Labute approximate surface area is 123 Å². The minimum Gasteiger partial charge on any atom is -0.338 e. The molecule has 11 heteroatoms. The van der Waals surface area contributed by atoms with E-state index in [0.29, 0.717) is 0 Å². The molecule has 0 aliphatic rings. The number of hydrogen-bond donors (Lipinski definition) is 6. The lowest BCUT2D eigenvalue weighted by Gasteiger charge is -2.03. The molecule has 0 aliphatic heterocycles. The molecule has 0 rings (SSSR count). The van der Waals surface area contributed by atoms with Crippen molar-refractivity contribution in [2.75, 3.05) is 0 Å². The lowest BCUT2D eigenvalue weighted by atomic mass is 10.5. The van der Waals surface area contributed by atoms with Crippen molar-refractivity contribution in [3.8, 4) is 0 Å². The lowest BCUT2D eigenvalue weighted by molar-refractivity contribution is -0.117. The quantitative estimate of drug-likeness (QED) is 0.205. The van der Waals surface area contributed by atoms with Crippen molar-refractivity contribution in [1.29, 1.82) is 0 Å². The van der Waals surface area contributed by atoms with Crippen LogP contribution in [0, 0.1) is 0 Å². The SMILES string of the molecule is C=CC(=O)NC(C)N.C=CC(=O)NC(C)N.O=S(=O)(O)O. The maximum Gasteiger partial charge on any atom is 0.394 e. The second kappa shape index (κ2) is 13.2. The molecule has 0 aliphatic carbocycles. The zero-order valence-corrected chi connectivity index (χ0v) is 12.6. The maximum absolute atomic E-state index is 10.3. The van der Waals surface area contributed by atoms with Gasteiger partial charge < -0.3 is 22.1 Å². The first kappa shape index (κ1) is 24.2. The third-order valence-corrected chi connectivity index (χ3v) is 1.11. The summed E-state index contributed by atoms with van der Waals surface area (Å²) in [6, 6.07) is 0. The van der Waals surface area contributed by atoms with E-state index in [-0.39, 0.29) is 24.1 Å². The highest BCUT2D eigenvalue weighted by Crippen LogP contribution is 1.68. The maximum atomic E-state index is 10.3. The molecule has 10 nitrogen and oxygen atoms in total. The van der Waals surface area contributed by atoms with E-state index in [9.17, 15) is 9.59 Å². The molecule has 124 valence electrons. The van der Waals surface area contributed by atoms with Crippen LogP contribution in [-0.2, 0) is 20.0 Å². The van der Waals surface area contributed by atoms with Crippen molar-refractivity contribution in [3.05, 3.63) is 25.3 Å². The van der Waals surface area contributed by atoms with Crippen LogP contribution in [0.15, 0.2) is 25.3 Å². The summed E-state index contributed by atoms with van der Waals surface area (Å²) >= 11 is 0. The molecular formula is C10H22N4O6S. The first-order valence-corrected chi connectivity index (χ1v) is 6.80. The normalized spacial score (nSPS) is 12.1. The van der Waals surface area contributed by atoms with Crippen molar-refractivity contribution in [2.45, 2.75) is 26.2 Å². The number of carbonyl (C=O) groups is 2. The molecule has 8 N–H and O–H groups in total. The summed E-state index contributed by atoms with van der Waals surface area (Å²) in [5, 5.41) is 4.83. The molecule has 0 spiro atoms. The van der Waals surface area contributed by atoms with Crippen LogP contribution in [-0.4, -0.2) is 41.7 Å². The highest BCUT2D eigenvalue weighted by atomic mass is 32.3. The molecule has 0 radical (unpaired) electrons. The third-order valence-electron chi connectivity index (χ3n) is 1.11. The Hall–Kier alpha value is -1.79. The Morgan fingerprint density at radius 1 is 1.00 bits per heavy atom. The van der Waals surface area contributed by atoms with Gasteiger partial charge in [0.2, 0.25) is 11.8 Å². The van der Waals surface area contributed by atoms with Gasteiger partial charge in [-0.15, -0.1) is 0 Å². The molecule has 0 fully saturated rings. The topological polar surface area (TPSA) is 185 Å². The van der Waals surface area contributed by atoms with Gasteiger partial charge in [-0.05, 0) is 26.0 Å². The van der Waals surface area contributed by atoms with E-state index in [0.717, 1.165) is 0 Å². The monoisotopic (exact) mass is 326 g/mol. The Bertz CT molecular complexity index is 399. The van der Waals surface area contributed by atoms with E-state index in [1.165, 1.54) is 12.2 Å². The number of nitrogens with one attached hydrogen (secondary N) is 2. The molecule has 0 saturated carbocycles. The van der Waals surface area contributed by atoms with Gasteiger partial charge in [0.15, 0.2) is 0 Å². The molecule has 0 aromatic heterocycles. The van der Waals surface area contributed by atoms with Gasteiger partial charge in [-0.1, -0.05) is 13.2 Å². The summed E-state index contributed by atoms with van der Waals surface area (Å²) in [6.07, 6.45) is 1.79. The second-order valence-electron chi connectivity index (χ2n) is 3.45. The van der Waals surface area contributed by atoms with E-state index in [1.54, 1.807) is 13.8 Å². The fourth-order valence-electron chi connectivity index (χ4n) is 0.567. The summed E-state index contributed by atoms with van der Waals surface area (Å²) < 4.78 is 31.6. The first-order chi connectivity index (χ1) is 9.33. The third kappa shape index (κ3) is 45.9. The smallest absolute Gasteiger partial charge is 0.338 e. The van der Waals surface area contributed by atoms with Crippen LogP contribution in [0.3, 0.4) is 0 Å². The molecule has 0 bridgehead atoms. The number of hydrogen-bond acceptors (Lipinski definition) is 6. The number of carbonyl (C=O) groups excluding carboxylic acids is 2. The fourth-order valence-corrected chi connectivity index (χ4v) is 0.567. The highest BCUT2D eigenvalue weighted by molar-refractivity contribution is 7.79. The Morgan fingerprint density at radius 3 is 1.24 bits per heavy atom. The highest BCUT2D eigenvalue weighted by Gasteiger charge is 1.94. The van der Waals surface area contributed by atoms with Crippen LogP contribution in [0.4, 0.5) is 0 Å². The lowest BCUT2D eigenvalue weighted by Crippen LogP contribution is -2.37. The summed E-state index contributed by atoms with van der Waals surface area (Å²) in [5.41, 5.74) is 10.4. The number of rotatable bonds is 4. The van der Waals surface area contributed by atoms with Gasteiger partial charge in [0.25, 0.3) is 0 Å². The standard InChI is InChI=1S/2C5H10N2O.H2O4S/c2*1-3-5(8)7-4(2)6;1-5(2,3)4/h2*3-4H,1,6H2,2H3,(H,7,8);(H2,1,2,3,4). The van der Waals surface area contributed by atoms with Gasteiger partial charge >= 0.3 is 10.4 Å². The minimum atomic E-state index is -4.67. The minimum absolute atomic E-state index is 0.236. The Morgan fingerprint density at radius 2 is 1.19 bits per heavy atom. The van der Waals surface area contributed by atoms with Crippen molar-refractivity contribution >= 4 is 22.2 Å². The zero-order valence-electron chi connectivity index (χ0n) is 11.8. The van der Waals surface area contributed by atoms with Crippen LogP contribution in [0.2, 0.25) is 0 Å². The van der Waals surface area contributed by atoms with Crippen molar-refractivity contribution in [2.24, 2.45) is 11.5 Å². The Balaban J connectivity index is -0.000000239. The molecule has 2 unspecified atom stereocenters. The summed E-state index contributed by atoms with van der Waals surface area (Å²) in [7, 11) is -4.67.